The lowest BCUT2D eigenvalue weighted by Gasteiger charge is -2.16. The fourth-order valence-corrected chi connectivity index (χ4v) is 2.26. The van der Waals surface area contributed by atoms with Gasteiger partial charge in [-0.3, -0.25) is 4.79 Å². The van der Waals surface area contributed by atoms with E-state index < -0.39 is 5.91 Å². The largest absolute Gasteiger partial charge is 0.496 e. The molecule has 0 spiro atoms. The summed E-state index contributed by atoms with van der Waals surface area (Å²) in [6.45, 7) is 3.96. The second kappa shape index (κ2) is 5.14. The van der Waals surface area contributed by atoms with Crippen LogP contribution in [0.5, 0.6) is 5.75 Å². The molecule has 1 amide bonds. The average molecular weight is 255 g/mol. The molecule has 98 valence electrons. The minimum Gasteiger partial charge on any atom is -0.496 e. The lowest BCUT2D eigenvalue weighted by atomic mass is 9.93. The molecular formula is C16H17NO2. The van der Waals surface area contributed by atoms with Gasteiger partial charge in [-0.2, -0.15) is 0 Å². The zero-order chi connectivity index (χ0) is 14.0. The van der Waals surface area contributed by atoms with Crippen LogP contribution in [0.3, 0.4) is 0 Å². The molecule has 0 fully saturated rings. The monoisotopic (exact) mass is 255 g/mol. The summed E-state index contributed by atoms with van der Waals surface area (Å²) >= 11 is 0. The first-order valence-electron chi connectivity index (χ1n) is 6.09. The number of hydrogen-bond acceptors (Lipinski definition) is 2. The Hall–Kier alpha value is -2.29. The Kier molecular flexibility index (Phi) is 3.56. The molecule has 2 rings (SSSR count). The van der Waals surface area contributed by atoms with E-state index in [1.54, 1.807) is 13.2 Å². The number of amides is 1. The highest BCUT2D eigenvalue weighted by atomic mass is 16.5. The van der Waals surface area contributed by atoms with Crippen molar-refractivity contribution in [2.24, 2.45) is 5.73 Å². The number of nitrogens with two attached hydrogens (primary N) is 1. The third kappa shape index (κ3) is 2.32. The summed E-state index contributed by atoms with van der Waals surface area (Å²) in [6.07, 6.45) is 0. The Morgan fingerprint density at radius 1 is 1.11 bits per heavy atom. The first kappa shape index (κ1) is 13.1. The van der Waals surface area contributed by atoms with Gasteiger partial charge in [-0.1, -0.05) is 30.3 Å². The summed E-state index contributed by atoms with van der Waals surface area (Å²) < 4.78 is 5.31. The van der Waals surface area contributed by atoms with Gasteiger partial charge in [-0.05, 0) is 42.2 Å². The second-order valence-electron chi connectivity index (χ2n) is 4.49. The average Bonchev–Trinajstić information content (AvgIpc) is 2.42. The Morgan fingerprint density at radius 3 is 2.26 bits per heavy atom. The van der Waals surface area contributed by atoms with Gasteiger partial charge in [-0.25, -0.2) is 0 Å². The van der Waals surface area contributed by atoms with Crippen molar-refractivity contribution in [1.29, 1.82) is 0 Å². The number of methoxy groups -OCH3 is 1. The Morgan fingerprint density at radius 2 is 1.74 bits per heavy atom. The number of hydrogen-bond donors (Lipinski definition) is 1. The van der Waals surface area contributed by atoms with Crippen LogP contribution in [0.25, 0.3) is 11.1 Å². The maximum atomic E-state index is 11.6. The minimum atomic E-state index is -0.475. The van der Waals surface area contributed by atoms with Crippen LogP contribution in [0.1, 0.15) is 21.5 Å². The van der Waals surface area contributed by atoms with Gasteiger partial charge < -0.3 is 10.5 Å². The molecule has 0 heterocycles. The molecular weight excluding hydrogens is 238 g/mol. The number of carbonyl (C=O) groups excluding carboxylic acids is 1. The van der Waals surface area contributed by atoms with E-state index in [1.165, 1.54) is 0 Å². The highest BCUT2D eigenvalue weighted by Gasteiger charge is 2.17. The van der Waals surface area contributed by atoms with Crippen LogP contribution in [-0.2, 0) is 0 Å². The summed E-state index contributed by atoms with van der Waals surface area (Å²) in [7, 11) is 1.55. The van der Waals surface area contributed by atoms with Gasteiger partial charge in [-0.15, -0.1) is 0 Å². The van der Waals surface area contributed by atoms with Gasteiger partial charge in [0.1, 0.15) is 5.75 Å². The minimum absolute atomic E-state index is 0.421. The summed E-state index contributed by atoms with van der Waals surface area (Å²) in [6, 6.07) is 11.7. The zero-order valence-corrected chi connectivity index (χ0v) is 11.4. The van der Waals surface area contributed by atoms with E-state index in [9.17, 15) is 4.79 Å². The van der Waals surface area contributed by atoms with E-state index in [4.69, 9.17) is 10.5 Å². The van der Waals surface area contributed by atoms with Crippen molar-refractivity contribution in [3.63, 3.8) is 0 Å². The van der Waals surface area contributed by atoms with Crippen LogP contribution in [0.4, 0.5) is 0 Å². The molecule has 0 unspecified atom stereocenters. The van der Waals surface area contributed by atoms with E-state index in [2.05, 4.69) is 0 Å². The van der Waals surface area contributed by atoms with Gasteiger partial charge in [0.05, 0.1) is 12.7 Å². The molecule has 0 saturated heterocycles. The van der Waals surface area contributed by atoms with E-state index in [0.29, 0.717) is 11.3 Å². The van der Waals surface area contributed by atoms with Crippen molar-refractivity contribution in [3.8, 4) is 16.9 Å². The maximum Gasteiger partial charge on any atom is 0.252 e. The number of rotatable bonds is 3. The van der Waals surface area contributed by atoms with Crippen LogP contribution in [-0.4, -0.2) is 13.0 Å². The van der Waals surface area contributed by atoms with Crippen molar-refractivity contribution in [3.05, 3.63) is 53.1 Å². The third-order valence-electron chi connectivity index (χ3n) is 3.39. The van der Waals surface area contributed by atoms with E-state index in [-0.39, 0.29) is 0 Å². The Balaban J connectivity index is 2.74. The molecule has 0 aliphatic rings. The molecule has 3 nitrogen and oxygen atoms in total. The van der Waals surface area contributed by atoms with Crippen molar-refractivity contribution in [1.82, 2.24) is 0 Å². The lowest BCUT2D eigenvalue weighted by molar-refractivity contribution is 0.0997. The van der Waals surface area contributed by atoms with Gasteiger partial charge in [0.15, 0.2) is 0 Å². The predicted molar refractivity (Wildman–Crippen MR) is 76.4 cm³/mol. The molecule has 3 heteroatoms. The molecule has 2 N–H and O–H groups in total. The quantitative estimate of drug-likeness (QED) is 0.916. The maximum absolute atomic E-state index is 11.6. The molecule has 2 aromatic carbocycles. The summed E-state index contributed by atoms with van der Waals surface area (Å²) in [4.78, 5) is 11.6. The molecule has 0 bridgehead atoms. The zero-order valence-electron chi connectivity index (χ0n) is 11.4. The second-order valence-corrected chi connectivity index (χ2v) is 4.49. The van der Waals surface area contributed by atoms with E-state index in [1.807, 2.05) is 44.2 Å². The van der Waals surface area contributed by atoms with Crippen LogP contribution in [0, 0.1) is 13.8 Å². The van der Waals surface area contributed by atoms with Gasteiger partial charge in [0, 0.05) is 0 Å². The van der Waals surface area contributed by atoms with Crippen molar-refractivity contribution in [2.45, 2.75) is 13.8 Å². The fraction of sp³-hybridized carbons (Fsp3) is 0.188. The predicted octanol–water partition coefficient (Wildman–Crippen LogP) is 3.08. The van der Waals surface area contributed by atoms with Crippen molar-refractivity contribution in [2.75, 3.05) is 7.11 Å². The molecule has 0 aromatic heterocycles. The summed E-state index contributed by atoms with van der Waals surface area (Å²) in [5, 5.41) is 0. The molecule has 0 atom stereocenters. The third-order valence-corrected chi connectivity index (χ3v) is 3.39. The van der Waals surface area contributed by atoms with E-state index >= 15 is 0 Å². The fourth-order valence-electron chi connectivity index (χ4n) is 2.26. The van der Waals surface area contributed by atoms with Gasteiger partial charge >= 0.3 is 0 Å². The number of ether oxygens (including phenoxy) is 1. The lowest BCUT2D eigenvalue weighted by Crippen LogP contribution is -2.14. The summed E-state index contributed by atoms with van der Waals surface area (Å²) in [5.74, 6) is 0.0850. The van der Waals surface area contributed by atoms with Crippen LogP contribution >= 0.6 is 0 Å². The molecule has 19 heavy (non-hydrogen) atoms. The van der Waals surface area contributed by atoms with Crippen molar-refractivity contribution < 1.29 is 9.53 Å². The molecule has 2 aromatic rings. The molecule has 0 aliphatic carbocycles. The van der Waals surface area contributed by atoms with Crippen LogP contribution in [0.2, 0.25) is 0 Å². The normalized spacial score (nSPS) is 10.3. The van der Waals surface area contributed by atoms with Gasteiger partial charge in [0.25, 0.3) is 5.91 Å². The van der Waals surface area contributed by atoms with Crippen LogP contribution < -0.4 is 10.5 Å². The topological polar surface area (TPSA) is 52.3 Å². The first-order chi connectivity index (χ1) is 9.06. The first-order valence-corrected chi connectivity index (χ1v) is 6.09. The smallest absolute Gasteiger partial charge is 0.252 e. The molecule has 0 aliphatic heterocycles. The Bertz CT molecular complexity index is 618. The van der Waals surface area contributed by atoms with E-state index in [0.717, 1.165) is 22.3 Å². The summed E-state index contributed by atoms with van der Waals surface area (Å²) in [5.41, 5.74) is 9.96. The highest BCUT2D eigenvalue weighted by Crippen LogP contribution is 2.34. The molecule has 0 radical (unpaired) electrons. The molecule has 0 saturated carbocycles. The number of primary amides is 1. The standard InChI is InChI=1S/C16H17NO2/c1-10-11(2)15(19-3)14(16(17)18)9-13(10)12-7-5-4-6-8-12/h4-9H,1-3H3,(H2,17,18). The van der Waals surface area contributed by atoms with Gasteiger partial charge in [0.2, 0.25) is 0 Å². The number of benzene rings is 2. The number of carbonyl (C=O) groups is 1. The Labute approximate surface area is 113 Å². The highest BCUT2D eigenvalue weighted by molar-refractivity contribution is 5.98. The van der Waals surface area contributed by atoms with Crippen molar-refractivity contribution >= 4 is 5.91 Å². The van der Waals surface area contributed by atoms with Crippen LogP contribution in [0.15, 0.2) is 36.4 Å². The SMILES string of the molecule is COc1c(C(N)=O)cc(-c2ccccc2)c(C)c1C.